The standard InChI is InChI=1S/C16H26N2O.ClH/c1-10(18-14(19)16(17)2-3-16)15-7-11-4-12(8-15)6-13(5-11)9-15;/h10-13H,2-9,17H2,1H3,(H,18,19);1H. The Hall–Kier alpha value is -0.280. The SMILES string of the molecule is CC(NC(=O)C1(N)CC1)C12CC3CC(CC(C3)C1)C2.Cl. The molecule has 0 radical (unpaired) electrons. The second-order valence-corrected chi connectivity index (χ2v) is 8.13. The monoisotopic (exact) mass is 298 g/mol. The maximum absolute atomic E-state index is 12.2. The van der Waals surface area contributed by atoms with Gasteiger partial charge in [0.15, 0.2) is 0 Å². The molecule has 0 aliphatic heterocycles. The Bertz CT molecular complexity index is 383. The molecular weight excluding hydrogens is 272 g/mol. The van der Waals surface area contributed by atoms with Crippen LogP contribution in [0.5, 0.6) is 0 Å². The Morgan fingerprint density at radius 1 is 1.10 bits per heavy atom. The molecule has 5 saturated carbocycles. The van der Waals surface area contributed by atoms with Gasteiger partial charge in [0.25, 0.3) is 0 Å². The van der Waals surface area contributed by atoms with Crippen molar-refractivity contribution in [1.29, 1.82) is 0 Å². The first-order chi connectivity index (χ1) is 8.99. The minimum atomic E-state index is -0.517. The van der Waals surface area contributed by atoms with Crippen molar-refractivity contribution in [3.05, 3.63) is 0 Å². The van der Waals surface area contributed by atoms with Crippen LogP contribution in [-0.4, -0.2) is 17.5 Å². The van der Waals surface area contributed by atoms with E-state index in [2.05, 4.69) is 12.2 Å². The van der Waals surface area contributed by atoms with Gasteiger partial charge in [0, 0.05) is 6.04 Å². The van der Waals surface area contributed by atoms with E-state index in [4.69, 9.17) is 5.73 Å². The molecule has 5 rings (SSSR count). The van der Waals surface area contributed by atoms with Crippen molar-refractivity contribution in [1.82, 2.24) is 5.32 Å². The van der Waals surface area contributed by atoms with Crippen molar-refractivity contribution in [2.24, 2.45) is 28.9 Å². The van der Waals surface area contributed by atoms with Gasteiger partial charge in [-0.05, 0) is 81.5 Å². The second kappa shape index (κ2) is 4.61. The lowest BCUT2D eigenvalue weighted by molar-refractivity contribution is -0.128. The lowest BCUT2D eigenvalue weighted by atomic mass is 9.48. The van der Waals surface area contributed by atoms with Gasteiger partial charge >= 0.3 is 0 Å². The lowest BCUT2D eigenvalue weighted by Crippen LogP contribution is -2.58. The van der Waals surface area contributed by atoms with Crippen molar-refractivity contribution in [2.45, 2.75) is 69.9 Å². The van der Waals surface area contributed by atoms with E-state index in [0.717, 1.165) is 30.6 Å². The molecule has 5 fully saturated rings. The van der Waals surface area contributed by atoms with E-state index in [1.54, 1.807) is 0 Å². The van der Waals surface area contributed by atoms with Crippen LogP contribution in [0.1, 0.15) is 58.3 Å². The minimum absolute atomic E-state index is 0. The Labute approximate surface area is 127 Å². The van der Waals surface area contributed by atoms with Gasteiger partial charge in [0.1, 0.15) is 0 Å². The third-order valence-electron chi connectivity index (χ3n) is 6.59. The Morgan fingerprint density at radius 2 is 1.55 bits per heavy atom. The predicted molar refractivity (Wildman–Crippen MR) is 81.6 cm³/mol. The van der Waals surface area contributed by atoms with Crippen LogP contribution in [0.4, 0.5) is 0 Å². The summed E-state index contributed by atoms with van der Waals surface area (Å²) in [4.78, 5) is 12.2. The Balaban J connectivity index is 0.00000121. The zero-order valence-corrected chi connectivity index (χ0v) is 13.2. The van der Waals surface area contributed by atoms with Gasteiger partial charge in [0.2, 0.25) is 5.91 Å². The molecule has 0 heterocycles. The fourth-order valence-electron chi connectivity index (χ4n) is 5.56. The van der Waals surface area contributed by atoms with Crippen LogP contribution < -0.4 is 11.1 Å². The minimum Gasteiger partial charge on any atom is -0.351 e. The highest BCUT2D eigenvalue weighted by molar-refractivity contribution is 5.89. The largest absolute Gasteiger partial charge is 0.351 e. The van der Waals surface area contributed by atoms with E-state index in [9.17, 15) is 4.79 Å². The van der Waals surface area contributed by atoms with Crippen LogP contribution in [0.2, 0.25) is 0 Å². The average Bonchev–Trinajstić information content (AvgIpc) is 3.07. The van der Waals surface area contributed by atoms with E-state index in [1.807, 2.05) is 0 Å². The van der Waals surface area contributed by atoms with Crippen LogP contribution in [0, 0.1) is 23.2 Å². The maximum atomic E-state index is 12.2. The van der Waals surface area contributed by atoms with E-state index in [1.165, 1.54) is 38.5 Å². The molecule has 4 bridgehead atoms. The number of hydrogen-bond donors (Lipinski definition) is 2. The molecule has 0 saturated heterocycles. The van der Waals surface area contributed by atoms with Crippen LogP contribution in [0.3, 0.4) is 0 Å². The maximum Gasteiger partial charge on any atom is 0.240 e. The molecule has 114 valence electrons. The Morgan fingerprint density at radius 3 is 1.95 bits per heavy atom. The van der Waals surface area contributed by atoms with E-state index in [0.29, 0.717) is 11.5 Å². The summed E-state index contributed by atoms with van der Waals surface area (Å²) in [7, 11) is 0. The zero-order valence-electron chi connectivity index (χ0n) is 12.4. The number of nitrogens with two attached hydrogens (primary N) is 1. The molecule has 5 aliphatic carbocycles. The van der Waals surface area contributed by atoms with Gasteiger partial charge in [-0.1, -0.05) is 0 Å². The van der Waals surface area contributed by atoms with E-state index in [-0.39, 0.29) is 18.3 Å². The highest BCUT2D eigenvalue weighted by Crippen LogP contribution is 2.61. The number of amides is 1. The molecule has 4 heteroatoms. The number of hydrogen-bond acceptors (Lipinski definition) is 2. The predicted octanol–water partition coefficient (Wildman–Crippen LogP) is 2.62. The molecule has 3 N–H and O–H groups in total. The van der Waals surface area contributed by atoms with Crippen molar-refractivity contribution in [3.8, 4) is 0 Å². The highest BCUT2D eigenvalue weighted by Gasteiger charge is 2.54. The van der Waals surface area contributed by atoms with Gasteiger partial charge in [-0.3, -0.25) is 4.79 Å². The van der Waals surface area contributed by atoms with Crippen LogP contribution >= 0.6 is 12.4 Å². The number of halogens is 1. The normalized spacial score (nSPS) is 44.6. The van der Waals surface area contributed by atoms with Crippen LogP contribution in [-0.2, 0) is 4.79 Å². The van der Waals surface area contributed by atoms with Crippen LogP contribution in [0.15, 0.2) is 0 Å². The van der Waals surface area contributed by atoms with Gasteiger partial charge < -0.3 is 11.1 Å². The summed E-state index contributed by atoms with van der Waals surface area (Å²) in [5.74, 6) is 2.94. The summed E-state index contributed by atoms with van der Waals surface area (Å²) >= 11 is 0. The molecule has 20 heavy (non-hydrogen) atoms. The smallest absolute Gasteiger partial charge is 0.240 e. The van der Waals surface area contributed by atoms with Crippen LogP contribution in [0.25, 0.3) is 0 Å². The molecule has 0 spiro atoms. The first-order valence-corrected chi connectivity index (χ1v) is 8.09. The summed E-state index contributed by atoms with van der Waals surface area (Å²) in [5, 5.41) is 3.28. The Kier molecular flexibility index (Phi) is 3.37. The van der Waals surface area contributed by atoms with Crippen molar-refractivity contribution in [3.63, 3.8) is 0 Å². The third kappa shape index (κ3) is 2.18. The molecule has 1 unspecified atom stereocenters. The first kappa shape index (κ1) is 14.6. The average molecular weight is 299 g/mol. The molecule has 0 aromatic carbocycles. The van der Waals surface area contributed by atoms with Gasteiger partial charge in [-0.2, -0.15) is 0 Å². The lowest BCUT2D eigenvalue weighted by Gasteiger charge is -2.59. The summed E-state index contributed by atoms with van der Waals surface area (Å²) in [6, 6.07) is 0.314. The number of nitrogens with one attached hydrogen (secondary N) is 1. The van der Waals surface area contributed by atoms with E-state index < -0.39 is 5.54 Å². The van der Waals surface area contributed by atoms with Gasteiger partial charge in [0.05, 0.1) is 5.54 Å². The van der Waals surface area contributed by atoms with Gasteiger partial charge in [-0.15, -0.1) is 12.4 Å². The number of carbonyl (C=O) groups excluding carboxylic acids is 1. The molecule has 1 atom stereocenters. The van der Waals surface area contributed by atoms with Gasteiger partial charge in [-0.25, -0.2) is 0 Å². The summed E-state index contributed by atoms with van der Waals surface area (Å²) in [6.45, 7) is 2.23. The molecule has 0 aromatic heterocycles. The van der Waals surface area contributed by atoms with Crippen molar-refractivity contribution in [2.75, 3.05) is 0 Å². The summed E-state index contributed by atoms with van der Waals surface area (Å²) in [5.41, 5.74) is 5.90. The van der Waals surface area contributed by atoms with Crippen molar-refractivity contribution >= 4 is 18.3 Å². The quantitative estimate of drug-likeness (QED) is 0.841. The second-order valence-electron chi connectivity index (χ2n) is 8.13. The topological polar surface area (TPSA) is 55.1 Å². The molecule has 5 aliphatic rings. The van der Waals surface area contributed by atoms with Crippen molar-refractivity contribution < 1.29 is 4.79 Å². The fraction of sp³-hybridized carbons (Fsp3) is 0.938. The highest BCUT2D eigenvalue weighted by atomic mass is 35.5. The summed E-state index contributed by atoms with van der Waals surface area (Å²) in [6.07, 6.45) is 10.1. The number of rotatable bonds is 3. The number of carbonyl (C=O) groups is 1. The van der Waals surface area contributed by atoms with E-state index >= 15 is 0 Å². The molecule has 1 amide bonds. The molecular formula is C16H27ClN2O. The molecule has 3 nitrogen and oxygen atoms in total. The third-order valence-corrected chi connectivity index (χ3v) is 6.59. The molecule has 0 aromatic rings. The zero-order chi connectivity index (χ0) is 13.3. The summed E-state index contributed by atoms with van der Waals surface area (Å²) < 4.78 is 0. The fourth-order valence-corrected chi connectivity index (χ4v) is 5.56. The first-order valence-electron chi connectivity index (χ1n) is 8.09.